The molecule has 3 nitrogen and oxygen atoms in total. The van der Waals surface area contributed by atoms with Crippen LogP contribution in [0.15, 0.2) is 24.3 Å². The lowest BCUT2D eigenvalue weighted by molar-refractivity contribution is -0.124. The van der Waals surface area contributed by atoms with Crippen LogP contribution in [0.4, 0.5) is 11.4 Å². The number of benzene rings is 1. The number of fused-ring (bicyclic) bond motifs is 2. The summed E-state index contributed by atoms with van der Waals surface area (Å²) in [6.45, 7) is 2.07. The largest absolute Gasteiger partial charge is 0.380 e. The van der Waals surface area contributed by atoms with Crippen molar-refractivity contribution < 1.29 is 4.79 Å². The van der Waals surface area contributed by atoms with Gasteiger partial charge in [0.25, 0.3) is 0 Å². The maximum Gasteiger partial charge on any atom is 0.232 e. The van der Waals surface area contributed by atoms with Crippen molar-refractivity contribution >= 4 is 17.3 Å². The van der Waals surface area contributed by atoms with Gasteiger partial charge in [0.2, 0.25) is 5.91 Å². The van der Waals surface area contributed by atoms with Crippen LogP contribution in [-0.2, 0) is 4.79 Å². The van der Waals surface area contributed by atoms with E-state index in [-0.39, 0.29) is 17.4 Å². The third-order valence-electron chi connectivity index (χ3n) is 3.98. The number of nitrogens with one attached hydrogen (secondary N) is 2. The maximum absolute atomic E-state index is 12.2. The molecule has 0 bridgehead atoms. The lowest BCUT2D eigenvalue weighted by atomic mass is 9.84. The highest BCUT2D eigenvalue weighted by Crippen LogP contribution is 2.43. The first-order valence-corrected chi connectivity index (χ1v) is 5.87. The first kappa shape index (κ1) is 9.70. The number of carbonyl (C=O) groups is 1. The number of rotatable bonds is 0. The number of amides is 1. The van der Waals surface area contributed by atoms with Gasteiger partial charge in [0, 0.05) is 6.04 Å². The SMILES string of the molecule is CC12CCCC1Nc1ccccc1NC2=O. The van der Waals surface area contributed by atoms with E-state index in [0.717, 1.165) is 30.6 Å². The van der Waals surface area contributed by atoms with Crippen molar-refractivity contribution in [2.24, 2.45) is 5.41 Å². The minimum absolute atomic E-state index is 0.160. The van der Waals surface area contributed by atoms with Crippen LogP contribution in [0.2, 0.25) is 0 Å². The van der Waals surface area contributed by atoms with Gasteiger partial charge in [-0.05, 0) is 31.9 Å². The monoisotopic (exact) mass is 216 g/mol. The molecule has 1 aliphatic heterocycles. The van der Waals surface area contributed by atoms with Crippen LogP contribution in [0.25, 0.3) is 0 Å². The van der Waals surface area contributed by atoms with E-state index in [1.54, 1.807) is 0 Å². The van der Waals surface area contributed by atoms with Gasteiger partial charge in [-0.2, -0.15) is 0 Å². The Morgan fingerprint density at radius 1 is 1.31 bits per heavy atom. The number of para-hydroxylation sites is 2. The maximum atomic E-state index is 12.2. The Labute approximate surface area is 95.2 Å². The zero-order valence-electron chi connectivity index (χ0n) is 9.42. The number of anilines is 2. The van der Waals surface area contributed by atoms with Crippen LogP contribution < -0.4 is 10.6 Å². The van der Waals surface area contributed by atoms with E-state index in [1.165, 1.54) is 0 Å². The van der Waals surface area contributed by atoms with Gasteiger partial charge in [0.15, 0.2) is 0 Å². The fraction of sp³-hybridized carbons (Fsp3) is 0.462. The molecule has 2 aliphatic rings. The second kappa shape index (κ2) is 3.24. The first-order valence-electron chi connectivity index (χ1n) is 5.87. The summed E-state index contributed by atoms with van der Waals surface area (Å²) in [5.74, 6) is 0.160. The van der Waals surface area contributed by atoms with Gasteiger partial charge < -0.3 is 10.6 Å². The summed E-state index contributed by atoms with van der Waals surface area (Å²) >= 11 is 0. The van der Waals surface area contributed by atoms with Gasteiger partial charge in [-0.25, -0.2) is 0 Å². The van der Waals surface area contributed by atoms with Gasteiger partial charge in [0.1, 0.15) is 0 Å². The molecule has 0 radical (unpaired) electrons. The van der Waals surface area contributed by atoms with Crippen molar-refractivity contribution in [1.29, 1.82) is 0 Å². The highest BCUT2D eigenvalue weighted by Gasteiger charge is 2.46. The van der Waals surface area contributed by atoms with E-state index in [0.29, 0.717) is 0 Å². The fourth-order valence-electron chi connectivity index (χ4n) is 2.84. The highest BCUT2D eigenvalue weighted by molar-refractivity contribution is 6.00. The lowest BCUT2D eigenvalue weighted by Crippen LogP contribution is -2.41. The molecule has 2 N–H and O–H groups in total. The second-order valence-corrected chi connectivity index (χ2v) is 5.01. The van der Waals surface area contributed by atoms with Crippen LogP contribution >= 0.6 is 0 Å². The average Bonchev–Trinajstić information content (AvgIpc) is 2.60. The summed E-state index contributed by atoms with van der Waals surface area (Å²) in [5, 5.41) is 6.54. The summed E-state index contributed by atoms with van der Waals surface area (Å²) < 4.78 is 0. The number of carbonyl (C=O) groups excluding carboxylic acids is 1. The highest BCUT2D eigenvalue weighted by atomic mass is 16.2. The van der Waals surface area contributed by atoms with Crippen LogP contribution in [0.5, 0.6) is 0 Å². The minimum atomic E-state index is -0.251. The van der Waals surface area contributed by atoms with Crippen molar-refractivity contribution in [1.82, 2.24) is 0 Å². The molecule has 3 rings (SSSR count). The predicted molar refractivity (Wildman–Crippen MR) is 64.4 cm³/mol. The third-order valence-corrected chi connectivity index (χ3v) is 3.98. The molecular formula is C13H16N2O. The van der Waals surface area contributed by atoms with Gasteiger partial charge in [-0.1, -0.05) is 18.6 Å². The average molecular weight is 216 g/mol. The molecule has 0 saturated heterocycles. The quantitative estimate of drug-likeness (QED) is 0.700. The third kappa shape index (κ3) is 1.24. The minimum Gasteiger partial charge on any atom is -0.380 e. The standard InChI is InChI=1S/C13H16N2O/c1-13-8-4-7-11(13)14-9-5-2-3-6-10(9)15-12(13)16/h2-3,5-6,11,14H,4,7-8H2,1H3,(H,15,16). The van der Waals surface area contributed by atoms with Crippen molar-refractivity contribution in [2.75, 3.05) is 10.6 Å². The van der Waals surface area contributed by atoms with E-state index in [4.69, 9.17) is 0 Å². The van der Waals surface area contributed by atoms with Crippen molar-refractivity contribution in [2.45, 2.75) is 32.2 Å². The molecule has 1 fully saturated rings. The zero-order valence-corrected chi connectivity index (χ0v) is 9.42. The summed E-state index contributed by atoms with van der Waals surface area (Å²) in [6.07, 6.45) is 3.19. The molecule has 0 aromatic heterocycles. The fourth-order valence-corrected chi connectivity index (χ4v) is 2.84. The van der Waals surface area contributed by atoms with Crippen molar-refractivity contribution in [3.63, 3.8) is 0 Å². The Morgan fingerprint density at radius 3 is 2.88 bits per heavy atom. The smallest absolute Gasteiger partial charge is 0.232 e. The van der Waals surface area contributed by atoms with Crippen LogP contribution in [0.3, 0.4) is 0 Å². The van der Waals surface area contributed by atoms with Crippen LogP contribution in [-0.4, -0.2) is 11.9 Å². The Kier molecular flexibility index (Phi) is 1.96. The summed E-state index contributed by atoms with van der Waals surface area (Å²) in [6, 6.07) is 8.19. The van der Waals surface area contributed by atoms with Gasteiger partial charge in [0.05, 0.1) is 16.8 Å². The van der Waals surface area contributed by atoms with Crippen molar-refractivity contribution in [3.8, 4) is 0 Å². The predicted octanol–water partition coefficient (Wildman–Crippen LogP) is 2.61. The Balaban J connectivity index is 2.06. The second-order valence-electron chi connectivity index (χ2n) is 5.01. The van der Waals surface area contributed by atoms with E-state index in [2.05, 4.69) is 17.6 Å². The van der Waals surface area contributed by atoms with Crippen LogP contribution in [0, 0.1) is 5.41 Å². The number of hydrogen-bond donors (Lipinski definition) is 2. The van der Waals surface area contributed by atoms with Gasteiger partial charge in [-0.15, -0.1) is 0 Å². The summed E-state index contributed by atoms with van der Waals surface area (Å²) in [7, 11) is 0. The van der Waals surface area contributed by atoms with Crippen molar-refractivity contribution in [3.05, 3.63) is 24.3 Å². The normalized spacial score (nSPS) is 32.1. The summed E-state index contributed by atoms with van der Waals surface area (Å²) in [5.41, 5.74) is 1.70. The molecule has 3 heteroatoms. The topological polar surface area (TPSA) is 41.1 Å². The molecule has 1 aromatic carbocycles. The Hall–Kier alpha value is -1.51. The first-order chi connectivity index (χ1) is 7.70. The molecule has 2 atom stereocenters. The molecule has 0 spiro atoms. The van der Waals surface area contributed by atoms with E-state index < -0.39 is 0 Å². The lowest BCUT2D eigenvalue weighted by Gasteiger charge is -2.27. The molecule has 1 aromatic rings. The van der Waals surface area contributed by atoms with E-state index in [9.17, 15) is 4.79 Å². The van der Waals surface area contributed by atoms with Gasteiger partial charge in [-0.3, -0.25) is 4.79 Å². The Bertz CT molecular complexity index is 443. The van der Waals surface area contributed by atoms with E-state index in [1.807, 2.05) is 24.3 Å². The van der Waals surface area contributed by atoms with Crippen LogP contribution in [0.1, 0.15) is 26.2 Å². The molecule has 1 heterocycles. The molecule has 1 saturated carbocycles. The Morgan fingerprint density at radius 2 is 2.06 bits per heavy atom. The molecule has 16 heavy (non-hydrogen) atoms. The zero-order chi connectivity index (χ0) is 11.2. The van der Waals surface area contributed by atoms with E-state index >= 15 is 0 Å². The van der Waals surface area contributed by atoms with Gasteiger partial charge >= 0.3 is 0 Å². The molecule has 2 unspecified atom stereocenters. The molecule has 84 valence electrons. The molecule has 1 amide bonds. The summed E-state index contributed by atoms with van der Waals surface area (Å²) in [4.78, 5) is 12.2. The number of hydrogen-bond acceptors (Lipinski definition) is 2. The molecule has 1 aliphatic carbocycles. The molecular weight excluding hydrogens is 200 g/mol.